The van der Waals surface area contributed by atoms with Crippen LogP contribution in [-0.4, -0.2) is 43.4 Å². The molecule has 1 amide bonds. The summed E-state index contributed by atoms with van der Waals surface area (Å²) >= 11 is 0. The zero-order valence-corrected chi connectivity index (χ0v) is 15.7. The Morgan fingerprint density at radius 2 is 2.00 bits per heavy atom. The monoisotopic (exact) mass is 361 g/mol. The molecule has 1 saturated heterocycles. The highest BCUT2D eigenvalue weighted by atomic mass is 16.2. The van der Waals surface area contributed by atoms with E-state index in [0.29, 0.717) is 6.54 Å². The van der Waals surface area contributed by atoms with E-state index in [2.05, 4.69) is 9.97 Å². The van der Waals surface area contributed by atoms with Crippen molar-refractivity contribution in [2.24, 2.45) is 7.05 Å². The molecule has 0 aliphatic carbocycles. The van der Waals surface area contributed by atoms with Gasteiger partial charge < -0.3 is 9.47 Å². The number of hydrogen-bond donors (Lipinski definition) is 0. The average Bonchev–Trinajstić information content (AvgIpc) is 3.14. The van der Waals surface area contributed by atoms with E-state index in [1.165, 1.54) is 0 Å². The van der Waals surface area contributed by atoms with Crippen molar-refractivity contribution in [3.8, 4) is 11.5 Å². The van der Waals surface area contributed by atoms with Crippen LogP contribution in [0, 0.1) is 6.92 Å². The molecule has 1 fully saturated rings. The van der Waals surface area contributed by atoms with Crippen LogP contribution in [0.1, 0.15) is 40.6 Å². The number of piperidine rings is 1. The molecule has 3 heterocycles. The zero-order chi connectivity index (χ0) is 18.8. The second kappa shape index (κ2) is 7.31. The van der Waals surface area contributed by atoms with Crippen LogP contribution >= 0.6 is 0 Å². The van der Waals surface area contributed by atoms with E-state index in [9.17, 15) is 4.79 Å². The Balaban J connectivity index is 1.59. The maximum Gasteiger partial charge on any atom is 0.253 e. The molecule has 0 saturated carbocycles. The number of nitrogens with zero attached hydrogens (tertiary/aromatic N) is 5. The summed E-state index contributed by atoms with van der Waals surface area (Å²) in [6.45, 7) is 3.41. The molecule has 138 valence electrons. The van der Waals surface area contributed by atoms with E-state index >= 15 is 0 Å². The highest BCUT2D eigenvalue weighted by Crippen LogP contribution is 2.27. The summed E-state index contributed by atoms with van der Waals surface area (Å²) in [5, 5.41) is 0. The lowest BCUT2D eigenvalue weighted by atomic mass is 9.96. The quantitative estimate of drug-likeness (QED) is 0.719. The van der Waals surface area contributed by atoms with Gasteiger partial charge in [0.2, 0.25) is 0 Å². The first-order chi connectivity index (χ1) is 13.1. The van der Waals surface area contributed by atoms with Crippen LogP contribution < -0.4 is 0 Å². The summed E-state index contributed by atoms with van der Waals surface area (Å²) in [4.78, 5) is 28.6. The van der Waals surface area contributed by atoms with Gasteiger partial charge in [-0.05, 0) is 38.0 Å². The molecule has 3 aromatic rings. The number of hydrogen-bond acceptors (Lipinski definition) is 4. The SMILES string of the molecule is Cc1cc(-c2nccn2C)nc(C2CCCN(C(=O)c3ccccc3)C2)n1. The molecule has 4 rings (SSSR count). The Hall–Kier alpha value is -3.02. The second-order valence-corrected chi connectivity index (χ2v) is 7.07. The first-order valence-electron chi connectivity index (χ1n) is 9.29. The van der Waals surface area contributed by atoms with Crippen LogP contribution in [0.5, 0.6) is 0 Å². The van der Waals surface area contributed by atoms with Crippen molar-refractivity contribution in [1.29, 1.82) is 0 Å². The van der Waals surface area contributed by atoms with Crippen molar-refractivity contribution in [3.63, 3.8) is 0 Å². The van der Waals surface area contributed by atoms with Crippen LogP contribution in [0.3, 0.4) is 0 Å². The molecule has 0 radical (unpaired) electrons. The van der Waals surface area contributed by atoms with Gasteiger partial charge >= 0.3 is 0 Å². The standard InChI is InChI=1S/C21H23N5O/c1-15-13-18(20-22-10-12-25(20)2)24-19(23-15)17-9-6-11-26(14-17)21(27)16-7-4-3-5-8-16/h3-5,7-8,10,12-13,17H,6,9,11,14H2,1-2H3. The van der Waals surface area contributed by atoms with Gasteiger partial charge in [0.05, 0.1) is 0 Å². The van der Waals surface area contributed by atoms with Crippen molar-refractivity contribution in [2.45, 2.75) is 25.7 Å². The van der Waals surface area contributed by atoms with Crippen molar-refractivity contribution in [3.05, 3.63) is 65.9 Å². The van der Waals surface area contributed by atoms with Gasteiger partial charge in [0.15, 0.2) is 5.82 Å². The van der Waals surface area contributed by atoms with Crippen molar-refractivity contribution < 1.29 is 4.79 Å². The fraction of sp³-hybridized carbons (Fsp3) is 0.333. The molecule has 2 aromatic heterocycles. The highest BCUT2D eigenvalue weighted by Gasteiger charge is 2.27. The normalized spacial score (nSPS) is 17.1. The zero-order valence-electron chi connectivity index (χ0n) is 15.7. The molecule has 27 heavy (non-hydrogen) atoms. The summed E-state index contributed by atoms with van der Waals surface area (Å²) in [7, 11) is 1.96. The van der Waals surface area contributed by atoms with Gasteiger partial charge in [-0.2, -0.15) is 0 Å². The van der Waals surface area contributed by atoms with Gasteiger partial charge in [-0.15, -0.1) is 0 Å². The van der Waals surface area contributed by atoms with Gasteiger partial charge in [-0.3, -0.25) is 4.79 Å². The van der Waals surface area contributed by atoms with E-state index in [0.717, 1.165) is 48.0 Å². The van der Waals surface area contributed by atoms with Crippen molar-refractivity contribution >= 4 is 5.91 Å². The van der Waals surface area contributed by atoms with Crippen LogP contribution in [0.15, 0.2) is 48.8 Å². The summed E-state index contributed by atoms with van der Waals surface area (Å²) in [6.07, 6.45) is 5.63. The lowest BCUT2D eigenvalue weighted by molar-refractivity contribution is 0.0704. The number of carbonyl (C=O) groups is 1. The van der Waals surface area contributed by atoms with Gasteiger partial charge in [-0.25, -0.2) is 15.0 Å². The Morgan fingerprint density at radius 3 is 2.74 bits per heavy atom. The Kier molecular flexibility index (Phi) is 4.71. The molecular formula is C21H23N5O. The Labute approximate surface area is 158 Å². The first-order valence-corrected chi connectivity index (χ1v) is 9.29. The summed E-state index contributed by atoms with van der Waals surface area (Å²) < 4.78 is 1.96. The number of likely N-dealkylation sites (tertiary alicyclic amines) is 1. The molecular weight excluding hydrogens is 338 g/mol. The highest BCUT2D eigenvalue weighted by molar-refractivity contribution is 5.94. The molecule has 1 unspecified atom stereocenters. The molecule has 0 N–H and O–H groups in total. The average molecular weight is 361 g/mol. The fourth-order valence-electron chi connectivity index (χ4n) is 3.64. The molecule has 1 aliphatic rings. The second-order valence-electron chi connectivity index (χ2n) is 7.07. The molecule has 1 atom stereocenters. The third kappa shape index (κ3) is 3.60. The minimum Gasteiger partial charge on any atom is -0.338 e. The van der Waals surface area contributed by atoms with Crippen molar-refractivity contribution in [1.82, 2.24) is 24.4 Å². The van der Waals surface area contributed by atoms with E-state index in [-0.39, 0.29) is 11.8 Å². The van der Waals surface area contributed by atoms with E-state index < -0.39 is 0 Å². The molecule has 1 aromatic carbocycles. The predicted octanol–water partition coefficient (Wildman–Crippen LogP) is 3.21. The minimum atomic E-state index is 0.0808. The lowest BCUT2D eigenvalue weighted by Crippen LogP contribution is -2.39. The fourth-order valence-corrected chi connectivity index (χ4v) is 3.64. The van der Waals surface area contributed by atoms with Crippen LogP contribution in [-0.2, 0) is 7.05 Å². The number of benzene rings is 1. The Bertz CT molecular complexity index is 950. The van der Waals surface area contributed by atoms with Gasteiger partial charge in [-0.1, -0.05) is 18.2 Å². The number of amides is 1. The number of rotatable bonds is 3. The van der Waals surface area contributed by atoms with E-state index in [1.807, 2.05) is 66.0 Å². The van der Waals surface area contributed by atoms with Gasteiger partial charge in [0, 0.05) is 49.7 Å². The molecule has 1 aliphatic heterocycles. The largest absolute Gasteiger partial charge is 0.338 e. The topological polar surface area (TPSA) is 63.9 Å². The molecule has 0 spiro atoms. The molecule has 6 heteroatoms. The third-order valence-electron chi connectivity index (χ3n) is 5.02. The maximum atomic E-state index is 12.8. The van der Waals surface area contributed by atoms with E-state index in [1.54, 1.807) is 6.20 Å². The van der Waals surface area contributed by atoms with Crippen LogP contribution in [0.2, 0.25) is 0 Å². The summed E-state index contributed by atoms with van der Waals surface area (Å²) in [5.41, 5.74) is 2.48. The van der Waals surface area contributed by atoms with Gasteiger partial charge in [0.1, 0.15) is 11.5 Å². The number of aryl methyl sites for hydroxylation is 2. The molecule has 0 bridgehead atoms. The summed E-state index contributed by atoms with van der Waals surface area (Å²) in [5.74, 6) is 1.86. The van der Waals surface area contributed by atoms with Gasteiger partial charge in [0.25, 0.3) is 5.91 Å². The number of imidazole rings is 1. The predicted molar refractivity (Wildman–Crippen MR) is 103 cm³/mol. The number of carbonyl (C=O) groups excluding carboxylic acids is 1. The van der Waals surface area contributed by atoms with Crippen LogP contribution in [0.4, 0.5) is 0 Å². The van der Waals surface area contributed by atoms with Crippen molar-refractivity contribution in [2.75, 3.05) is 13.1 Å². The van der Waals surface area contributed by atoms with E-state index in [4.69, 9.17) is 4.98 Å². The first kappa shape index (κ1) is 17.4. The number of aromatic nitrogens is 4. The molecule has 6 nitrogen and oxygen atoms in total. The summed E-state index contributed by atoms with van der Waals surface area (Å²) in [6, 6.07) is 11.4. The Morgan fingerprint density at radius 1 is 1.19 bits per heavy atom. The maximum absolute atomic E-state index is 12.8. The smallest absolute Gasteiger partial charge is 0.253 e. The lowest BCUT2D eigenvalue weighted by Gasteiger charge is -2.32. The van der Waals surface area contributed by atoms with Crippen LogP contribution in [0.25, 0.3) is 11.5 Å². The third-order valence-corrected chi connectivity index (χ3v) is 5.02. The minimum absolute atomic E-state index is 0.0808.